The minimum atomic E-state index is -1.10. The molecule has 0 aliphatic carbocycles. The maximum atomic E-state index is 13.6. The van der Waals surface area contributed by atoms with Gasteiger partial charge >= 0.3 is 5.97 Å². The van der Waals surface area contributed by atoms with Crippen molar-refractivity contribution < 1.29 is 23.8 Å². The number of ether oxygens (including phenoxy) is 1. The number of carbonyl (C=O) groups excluding carboxylic acids is 2. The first-order valence-corrected chi connectivity index (χ1v) is 11.4. The lowest BCUT2D eigenvalue weighted by atomic mass is 9.95. The predicted octanol–water partition coefficient (Wildman–Crippen LogP) is 4.79. The molecule has 0 aliphatic rings. The standard InChI is InChI=1S/C27H30FN3O4/c1-5-35-23(34)17-22(33)16-21(32)12-15-31-25(19-10-13-29-14-11-19)24(30-26(31)27(2,3)4)18-6-8-20(28)9-7-18/h6-15,21,32H,5,16-17H2,1-4H3. The highest BCUT2D eigenvalue weighted by Crippen LogP contribution is 2.36. The van der Waals surface area contributed by atoms with Crippen LogP contribution >= 0.6 is 0 Å². The van der Waals surface area contributed by atoms with Gasteiger partial charge in [-0.3, -0.25) is 14.6 Å². The number of esters is 1. The van der Waals surface area contributed by atoms with Crippen LogP contribution in [0.1, 0.15) is 46.4 Å². The van der Waals surface area contributed by atoms with Crippen molar-refractivity contribution >= 4 is 18.0 Å². The van der Waals surface area contributed by atoms with E-state index in [1.165, 1.54) is 18.2 Å². The zero-order chi connectivity index (χ0) is 25.6. The van der Waals surface area contributed by atoms with Crippen LogP contribution in [0, 0.1) is 5.82 Å². The van der Waals surface area contributed by atoms with Crippen molar-refractivity contribution in [2.45, 2.75) is 52.1 Å². The Morgan fingerprint density at radius 1 is 1.11 bits per heavy atom. The maximum absolute atomic E-state index is 13.6. The number of pyridine rings is 1. The van der Waals surface area contributed by atoms with E-state index in [1.54, 1.807) is 37.7 Å². The normalized spacial score (nSPS) is 12.6. The predicted molar refractivity (Wildman–Crippen MR) is 132 cm³/mol. The number of aliphatic hydroxyl groups excluding tert-OH is 1. The van der Waals surface area contributed by atoms with Gasteiger partial charge in [0, 0.05) is 41.6 Å². The van der Waals surface area contributed by atoms with Gasteiger partial charge in [0.1, 0.15) is 23.8 Å². The van der Waals surface area contributed by atoms with Gasteiger partial charge in [0.15, 0.2) is 0 Å². The van der Waals surface area contributed by atoms with E-state index in [9.17, 15) is 19.1 Å². The van der Waals surface area contributed by atoms with Crippen LogP contribution in [0.25, 0.3) is 28.7 Å². The van der Waals surface area contributed by atoms with Gasteiger partial charge in [-0.05, 0) is 49.4 Å². The Morgan fingerprint density at radius 3 is 2.37 bits per heavy atom. The molecule has 35 heavy (non-hydrogen) atoms. The summed E-state index contributed by atoms with van der Waals surface area (Å²) in [6, 6.07) is 9.81. The van der Waals surface area contributed by atoms with E-state index in [2.05, 4.69) is 4.98 Å². The van der Waals surface area contributed by atoms with E-state index >= 15 is 0 Å². The summed E-state index contributed by atoms with van der Waals surface area (Å²) < 4.78 is 20.3. The molecular formula is C27H30FN3O4. The third-order valence-corrected chi connectivity index (χ3v) is 5.19. The zero-order valence-electron chi connectivity index (χ0n) is 20.4. The molecule has 0 radical (unpaired) electrons. The summed E-state index contributed by atoms with van der Waals surface area (Å²) >= 11 is 0. The van der Waals surface area contributed by atoms with Gasteiger partial charge < -0.3 is 14.4 Å². The zero-order valence-corrected chi connectivity index (χ0v) is 20.4. The number of carbonyl (C=O) groups is 2. The van der Waals surface area contributed by atoms with Crippen LogP contribution in [-0.2, 0) is 19.7 Å². The molecule has 7 nitrogen and oxygen atoms in total. The molecule has 0 fully saturated rings. The van der Waals surface area contributed by atoms with Crippen LogP contribution < -0.4 is 0 Å². The molecule has 0 bridgehead atoms. The number of benzene rings is 1. The number of halogens is 1. The second-order valence-corrected chi connectivity index (χ2v) is 9.13. The molecule has 0 saturated carbocycles. The van der Waals surface area contributed by atoms with Gasteiger partial charge in [-0.15, -0.1) is 0 Å². The molecule has 2 aromatic heterocycles. The largest absolute Gasteiger partial charge is 0.466 e. The highest BCUT2D eigenvalue weighted by Gasteiger charge is 2.27. The van der Waals surface area contributed by atoms with Crippen molar-refractivity contribution in [3.63, 3.8) is 0 Å². The lowest BCUT2D eigenvalue weighted by Crippen LogP contribution is -2.18. The maximum Gasteiger partial charge on any atom is 0.313 e. The number of rotatable bonds is 9. The lowest BCUT2D eigenvalue weighted by Gasteiger charge is -2.19. The first-order valence-electron chi connectivity index (χ1n) is 11.4. The average molecular weight is 480 g/mol. The number of aromatic nitrogens is 3. The Balaban J connectivity index is 2.04. The monoisotopic (exact) mass is 479 g/mol. The third-order valence-electron chi connectivity index (χ3n) is 5.19. The Labute approximate surface area is 204 Å². The van der Waals surface area contributed by atoms with Gasteiger partial charge in [-0.2, -0.15) is 0 Å². The van der Waals surface area contributed by atoms with Gasteiger partial charge in [-0.1, -0.05) is 20.8 Å². The van der Waals surface area contributed by atoms with Gasteiger partial charge in [0.05, 0.1) is 24.1 Å². The molecule has 1 atom stereocenters. The summed E-state index contributed by atoms with van der Waals surface area (Å²) in [5, 5.41) is 10.5. The van der Waals surface area contributed by atoms with E-state index < -0.39 is 17.9 Å². The summed E-state index contributed by atoms with van der Waals surface area (Å²) in [7, 11) is 0. The molecule has 3 rings (SSSR count). The number of ketones is 1. The first-order chi connectivity index (χ1) is 16.6. The van der Waals surface area contributed by atoms with E-state index in [-0.39, 0.29) is 30.7 Å². The second kappa shape index (κ2) is 11.2. The van der Waals surface area contributed by atoms with Gasteiger partial charge in [0.25, 0.3) is 0 Å². The van der Waals surface area contributed by atoms with Crippen LogP contribution in [0.2, 0.25) is 0 Å². The topological polar surface area (TPSA) is 94.3 Å². The number of hydrogen-bond donors (Lipinski definition) is 1. The third kappa shape index (κ3) is 6.70. The molecule has 3 aromatic rings. The minimum Gasteiger partial charge on any atom is -0.466 e. The molecule has 0 spiro atoms. The fourth-order valence-corrected chi connectivity index (χ4v) is 3.63. The van der Waals surface area contributed by atoms with Crippen LogP contribution in [0.4, 0.5) is 4.39 Å². The fraction of sp³-hybridized carbons (Fsp3) is 0.333. The van der Waals surface area contributed by atoms with Crippen LogP contribution in [0.15, 0.2) is 54.9 Å². The van der Waals surface area contributed by atoms with Crippen molar-refractivity contribution in [2.75, 3.05) is 6.61 Å². The molecule has 0 aliphatic heterocycles. The molecule has 0 saturated heterocycles. The van der Waals surface area contributed by atoms with Crippen LogP contribution in [0.3, 0.4) is 0 Å². The highest BCUT2D eigenvalue weighted by molar-refractivity contribution is 5.95. The number of imidazole rings is 1. The summed E-state index contributed by atoms with van der Waals surface area (Å²) in [5.41, 5.74) is 2.58. The van der Waals surface area contributed by atoms with Gasteiger partial charge in [-0.25, -0.2) is 9.37 Å². The Kier molecular flexibility index (Phi) is 8.30. The van der Waals surface area contributed by atoms with Crippen LogP contribution in [0.5, 0.6) is 0 Å². The summed E-state index contributed by atoms with van der Waals surface area (Å²) in [5.74, 6) is -0.652. The van der Waals surface area contributed by atoms with Gasteiger partial charge in [0.2, 0.25) is 0 Å². The quantitative estimate of drug-likeness (QED) is 0.350. The average Bonchev–Trinajstić information content (AvgIpc) is 3.19. The molecule has 0 amide bonds. The Hall–Kier alpha value is -3.65. The summed E-state index contributed by atoms with van der Waals surface area (Å²) in [6.07, 6.45) is 4.82. The molecule has 1 unspecified atom stereocenters. The summed E-state index contributed by atoms with van der Waals surface area (Å²) in [4.78, 5) is 32.7. The van der Waals surface area contributed by atoms with Crippen molar-refractivity contribution in [1.82, 2.24) is 14.5 Å². The number of Topliss-reactive ketones (excluding diaryl/α,β-unsaturated/α-hetero) is 1. The van der Waals surface area contributed by atoms with Crippen molar-refractivity contribution in [3.8, 4) is 22.5 Å². The number of nitrogens with zero attached hydrogens (tertiary/aromatic N) is 3. The molecule has 1 N–H and O–H groups in total. The fourth-order valence-electron chi connectivity index (χ4n) is 3.63. The van der Waals surface area contributed by atoms with E-state index in [1.807, 2.05) is 37.5 Å². The molecule has 184 valence electrons. The minimum absolute atomic E-state index is 0.193. The second-order valence-electron chi connectivity index (χ2n) is 9.13. The first kappa shape index (κ1) is 26.0. The SMILES string of the molecule is CCOC(=O)CC(=O)CC(O)C=Cn1c(C(C)(C)C)nc(-c2ccc(F)cc2)c1-c1ccncc1. The van der Waals surface area contributed by atoms with E-state index in [4.69, 9.17) is 9.72 Å². The molecule has 8 heteroatoms. The smallest absolute Gasteiger partial charge is 0.313 e. The lowest BCUT2D eigenvalue weighted by molar-refractivity contribution is -0.145. The Bertz CT molecular complexity index is 1200. The number of hydrogen-bond acceptors (Lipinski definition) is 6. The highest BCUT2D eigenvalue weighted by atomic mass is 19.1. The van der Waals surface area contributed by atoms with E-state index in [0.717, 1.165) is 16.8 Å². The molecule has 2 heterocycles. The Morgan fingerprint density at radius 2 is 1.77 bits per heavy atom. The van der Waals surface area contributed by atoms with Crippen molar-refractivity contribution in [3.05, 3.63) is 66.5 Å². The summed E-state index contributed by atoms with van der Waals surface area (Å²) in [6.45, 7) is 7.91. The van der Waals surface area contributed by atoms with E-state index in [0.29, 0.717) is 11.5 Å². The molecular weight excluding hydrogens is 449 g/mol. The number of aliphatic hydroxyl groups is 1. The van der Waals surface area contributed by atoms with Crippen molar-refractivity contribution in [1.29, 1.82) is 0 Å². The molecule has 1 aromatic carbocycles. The van der Waals surface area contributed by atoms with Crippen molar-refractivity contribution in [2.24, 2.45) is 0 Å². The van der Waals surface area contributed by atoms with Crippen LogP contribution in [-0.4, -0.2) is 44.1 Å².